The average Bonchev–Trinajstić information content (AvgIpc) is 3.31. The Balaban J connectivity index is 1.35. The number of ether oxygens (including phenoxy) is 1. The molecule has 0 unspecified atom stereocenters. The SMILES string of the molecule is O=C(Nc1ccccc1Cl)O/N=C/c1ccc(-c2ncn(-c3ccc(OC(F)(F)F)cc3)n2)cc1. The number of alkyl halides is 3. The van der Waals surface area contributed by atoms with Gasteiger partial charge in [-0.2, -0.15) is 0 Å². The molecule has 1 amide bonds. The highest BCUT2D eigenvalue weighted by Gasteiger charge is 2.31. The van der Waals surface area contributed by atoms with Gasteiger partial charge >= 0.3 is 12.5 Å². The van der Waals surface area contributed by atoms with Crippen molar-refractivity contribution >= 4 is 29.6 Å². The fraction of sp³-hybridized carbons (Fsp3) is 0.0435. The number of para-hydroxylation sites is 1. The number of oxime groups is 1. The van der Waals surface area contributed by atoms with Crippen molar-refractivity contribution < 1.29 is 27.5 Å². The van der Waals surface area contributed by atoms with Crippen LogP contribution in [0.1, 0.15) is 5.56 Å². The summed E-state index contributed by atoms with van der Waals surface area (Å²) >= 11 is 5.96. The maximum Gasteiger partial charge on any atom is 0.573 e. The van der Waals surface area contributed by atoms with Crippen molar-refractivity contribution in [3.8, 4) is 22.8 Å². The lowest BCUT2D eigenvalue weighted by Crippen LogP contribution is -2.17. The minimum atomic E-state index is -4.76. The summed E-state index contributed by atoms with van der Waals surface area (Å²) in [6.07, 6.45) is -2.76. The maximum absolute atomic E-state index is 12.3. The van der Waals surface area contributed by atoms with Gasteiger partial charge in [-0.05, 0) is 42.0 Å². The van der Waals surface area contributed by atoms with Gasteiger partial charge in [0.1, 0.15) is 12.1 Å². The van der Waals surface area contributed by atoms with E-state index in [2.05, 4.69) is 25.3 Å². The highest BCUT2D eigenvalue weighted by Crippen LogP contribution is 2.24. The predicted molar refractivity (Wildman–Crippen MR) is 123 cm³/mol. The lowest BCUT2D eigenvalue weighted by atomic mass is 10.1. The van der Waals surface area contributed by atoms with Crippen molar-refractivity contribution in [3.63, 3.8) is 0 Å². The van der Waals surface area contributed by atoms with Crippen molar-refractivity contribution in [1.29, 1.82) is 0 Å². The van der Waals surface area contributed by atoms with Gasteiger partial charge in [-0.25, -0.2) is 14.5 Å². The standard InChI is InChI=1S/C23H15ClF3N5O3/c24-19-3-1-2-4-20(19)30-22(33)35-29-13-15-5-7-16(8-6-15)21-28-14-32(31-21)17-9-11-18(12-10-17)34-23(25,26)27/h1-14H,(H,30,33)/b29-13+. The number of nitrogens with one attached hydrogen (secondary N) is 1. The lowest BCUT2D eigenvalue weighted by molar-refractivity contribution is -0.274. The molecule has 12 heteroatoms. The van der Waals surface area contributed by atoms with E-state index in [4.69, 9.17) is 16.4 Å². The number of hydrogen-bond acceptors (Lipinski definition) is 6. The zero-order valence-corrected chi connectivity index (χ0v) is 18.4. The van der Waals surface area contributed by atoms with Crippen LogP contribution in [0, 0.1) is 0 Å². The summed E-state index contributed by atoms with van der Waals surface area (Å²) in [5, 5.41) is 10.8. The largest absolute Gasteiger partial charge is 0.573 e. The second-order valence-corrected chi connectivity index (χ2v) is 7.30. The Morgan fingerprint density at radius 2 is 1.74 bits per heavy atom. The Bertz CT molecular complexity index is 1340. The van der Waals surface area contributed by atoms with E-state index < -0.39 is 12.5 Å². The van der Waals surface area contributed by atoms with E-state index in [-0.39, 0.29) is 5.75 Å². The minimum Gasteiger partial charge on any atom is -0.406 e. The number of benzene rings is 3. The summed E-state index contributed by atoms with van der Waals surface area (Å²) in [5.74, 6) is 0.0728. The van der Waals surface area contributed by atoms with E-state index in [9.17, 15) is 18.0 Å². The zero-order chi connectivity index (χ0) is 24.8. The molecule has 0 fully saturated rings. The molecule has 4 aromatic rings. The molecule has 0 atom stereocenters. The van der Waals surface area contributed by atoms with Crippen LogP contribution in [0.3, 0.4) is 0 Å². The quantitative estimate of drug-likeness (QED) is 0.197. The highest BCUT2D eigenvalue weighted by molar-refractivity contribution is 6.33. The number of nitrogens with zero attached hydrogens (tertiary/aromatic N) is 4. The van der Waals surface area contributed by atoms with Crippen LogP contribution in [-0.4, -0.2) is 33.4 Å². The Morgan fingerprint density at radius 1 is 1.03 bits per heavy atom. The Labute approximate surface area is 201 Å². The van der Waals surface area contributed by atoms with E-state index in [0.717, 1.165) is 0 Å². The Kier molecular flexibility index (Phi) is 6.97. The van der Waals surface area contributed by atoms with E-state index >= 15 is 0 Å². The highest BCUT2D eigenvalue weighted by atomic mass is 35.5. The van der Waals surface area contributed by atoms with Gasteiger partial charge in [0, 0.05) is 5.56 Å². The number of carbonyl (C=O) groups is 1. The van der Waals surface area contributed by atoms with Gasteiger partial charge < -0.3 is 4.74 Å². The molecule has 0 aliphatic carbocycles. The summed E-state index contributed by atoms with van der Waals surface area (Å²) in [6, 6.07) is 18.9. The van der Waals surface area contributed by atoms with E-state index in [1.807, 2.05) is 0 Å². The molecule has 0 aliphatic rings. The van der Waals surface area contributed by atoms with E-state index in [1.165, 1.54) is 41.5 Å². The third kappa shape index (κ3) is 6.58. The van der Waals surface area contributed by atoms with Gasteiger partial charge in [0.25, 0.3) is 0 Å². The molecular weight excluding hydrogens is 487 g/mol. The molecule has 1 heterocycles. The minimum absolute atomic E-state index is 0.329. The molecular formula is C23H15ClF3N5O3. The van der Waals surface area contributed by atoms with Crippen molar-refractivity contribution in [2.24, 2.45) is 5.16 Å². The summed E-state index contributed by atoms with van der Waals surface area (Å²) in [5.41, 5.74) is 2.25. The normalized spacial score (nSPS) is 11.4. The van der Waals surface area contributed by atoms with Gasteiger partial charge in [-0.15, -0.1) is 18.3 Å². The van der Waals surface area contributed by atoms with Crippen LogP contribution in [0.4, 0.5) is 23.7 Å². The molecule has 178 valence electrons. The smallest absolute Gasteiger partial charge is 0.406 e. The van der Waals surface area contributed by atoms with Crippen LogP contribution in [0.5, 0.6) is 5.75 Å². The number of rotatable bonds is 6. The second kappa shape index (κ2) is 10.3. The monoisotopic (exact) mass is 501 g/mol. The summed E-state index contributed by atoms with van der Waals surface area (Å²) in [7, 11) is 0. The number of amides is 1. The first kappa shape index (κ1) is 23.8. The fourth-order valence-corrected chi connectivity index (χ4v) is 3.05. The Hall–Kier alpha value is -4.38. The van der Waals surface area contributed by atoms with Crippen molar-refractivity contribution in [2.45, 2.75) is 6.36 Å². The van der Waals surface area contributed by atoms with Crippen LogP contribution < -0.4 is 10.1 Å². The lowest BCUT2D eigenvalue weighted by Gasteiger charge is -2.09. The summed E-state index contributed by atoms with van der Waals surface area (Å²) in [6.45, 7) is 0. The maximum atomic E-state index is 12.3. The van der Waals surface area contributed by atoms with Crippen LogP contribution in [0.2, 0.25) is 5.02 Å². The number of carbonyl (C=O) groups excluding carboxylic acids is 1. The predicted octanol–water partition coefficient (Wildman–Crippen LogP) is 6.07. The molecule has 0 saturated carbocycles. The third-order valence-electron chi connectivity index (χ3n) is 4.44. The fourth-order valence-electron chi connectivity index (χ4n) is 2.87. The number of aromatic nitrogens is 3. The number of hydrogen-bond donors (Lipinski definition) is 1. The molecule has 0 spiro atoms. The van der Waals surface area contributed by atoms with E-state index in [1.54, 1.807) is 48.5 Å². The van der Waals surface area contributed by atoms with E-state index in [0.29, 0.717) is 33.3 Å². The van der Waals surface area contributed by atoms with Crippen molar-refractivity contribution in [1.82, 2.24) is 14.8 Å². The van der Waals surface area contributed by atoms with Crippen molar-refractivity contribution in [2.75, 3.05) is 5.32 Å². The first-order valence-electron chi connectivity index (χ1n) is 9.91. The summed E-state index contributed by atoms with van der Waals surface area (Å²) < 4.78 is 42.2. The first-order chi connectivity index (χ1) is 16.8. The van der Waals surface area contributed by atoms with Crippen LogP contribution in [0.15, 0.2) is 84.3 Å². The Morgan fingerprint density at radius 3 is 2.43 bits per heavy atom. The molecule has 1 aromatic heterocycles. The second-order valence-electron chi connectivity index (χ2n) is 6.89. The molecule has 4 rings (SSSR count). The molecule has 0 saturated heterocycles. The average molecular weight is 502 g/mol. The zero-order valence-electron chi connectivity index (χ0n) is 17.6. The topological polar surface area (TPSA) is 90.6 Å². The number of halogens is 4. The van der Waals surface area contributed by atoms with Gasteiger partial charge in [0.05, 0.1) is 22.6 Å². The van der Waals surface area contributed by atoms with Gasteiger partial charge in [-0.1, -0.05) is 53.2 Å². The first-order valence-corrected chi connectivity index (χ1v) is 10.3. The molecule has 35 heavy (non-hydrogen) atoms. The van der Waals surface area contributed by atoms with Crippen LogP contribution in [-0.2, 0) is 4.84 Å². The van der Waals surface area contributed by atoms with Gasteiger partial charge in [0.15, 0.2) is 5.82 Å². The number of anilines is 1. The van der Waals surface area contributed by atoms with Crippen LogP contribution >= 0.6 is 11.6 Å². The molecule has 3 aromatic carbocycles. The molecule has 0 aliphatic heterocycles. The molecule has 1 N–H and O–H groups in total. The van der Waals surface area contributed by atoms with Crippen molar-refractivity contribution in [3.05, 3.63) is 89.7 Å². The summed E-state index contributed by atoms with van der Waals surface area (Å²) in [4.78, 5) is 20.8. The van der Waals surface area contributed by atoms with Crippen LogP contribution in [0.25, 0.3) is 17.1 Å². The molecule has 0 bridgehead atoms. The van der Waals surface area contributed by atoms with Gasteiger partial charge in [0.2, 0.25) is 0 Å². The molecule has 0 radical (unpaired) electrons. The van der Waals surface area contributed by atoms with Gasteiger partial charge in [-0.3, -0.25) is 10.2 Å². The third-order valence-corrected chi connectivity index (χ3v) is 4.77. The molecule has 8 nitrogen and oxygen atoms in total.